The largest absolute Gasteiger partial charge is 0.375 e. The molecule has 0 aliphatic rings. The highest BCUT2D eigenvalue weighted by molar-refractivity contribution is 6.44. The Morgan fingerprint density at radius 1 is 1.33 bits per heavy atom. The normalized spacial score (nSPS) is 10.0. The Balaban J connectivity index is 3.07. The molecular formula is C7H6Cl3NO. The van der Waals surface area contributed by atoms with E-state index in [2.05, 4.69) is 0 Å². The van der Waals surface area contributed by atoms with Gasteiger partial charge in [-0.1, -0.05) is 29.3 Å². The van der Waals surface area contributed by atoms with Crippen molar-refractivity contribution in [2.75, 3.05) is 11.1 Å². The fraction of sp³-hybridized carbons (Fsp3) is 0.143. The van der Waals surface area contributed by atoms with Crippen molar-refractivity contribution < 1.29 is 5.11 Å². The van der Waals surface area contributed by atoms with Crippen LogP contribution in [0.1, 0.15) is 0 Å². The summed E-state index contributed by atoms with van der Waals surface area (Å²) in [5.41, 5.74) is 0.494. The minimum Gasteiger partial charge on any atom is -0.375 e. The van der Waals surface area contributed by atoms with Crippen molar-refractivity contribution in [3.05, 3.63) is 28.2 Å². The fourth-order valence-corrected chi connectivity index (χ4v) is 1.34. The third-order valence-corrected chi connectivity index (χ3v) is 2.41. The standard InChI is InChI=1S/C7H6Cl3NO/c8-5-2-1-3-6(7(5)9)11(10)4-12/h1-3,12H,4H2. The van der Waals surface area contributed by atoms with Crippen molar-refractivity contribution in [2.45, 2.75) is 0 Å². The van der Waals surface area contributed by atoms with E-state index in [0.29, 0.717) is 15.7 Å². The predicted molar refractivity (Wildman–Crippen MR) is 51.9 cm³/mol. The summed E-state index contributed by atoms with van der Waals surface area (Å²) < 4.78 is 1.08. The van der Waals surface area contributed by atoms with Crippen LogP contribution in [0.2, 0.25) is 10.0 Å². The zero-order chi connectivity index (χ0) is 9.14. The highest BCUT2D eigenvalue weighted by atomic mass is 35.5. The van der Waals surface area contributed by atoms with E-state index >= 15 is 0 Å². The molecule has 0 spiro atoms. The lowest BCUT2D eigenvalue weighted by molar-refractivity contribution is 0.311. The van der Waals surface area contributed by atoms with Crippen LogP contribution in [0.25, 0.3) is 0 Å². The molecule has 0 saturated heterocycles. The Labute approximate surface area is 85.4 Å². The van der Waals surface area contributed by atoms with E-state index in [1.54, 1.807) is 18.2 Å². The highest BCUT2D eigenvalue weighted by Crippen LogP contribution is 2.32. The van der Waals surface area contributed by atoms with Crippen molar-refractivity contribution in [2.24, 2.45) is 0 Å². The maximum atomic E-state index is 8.70. The number of aliphatic hydroxyl groups excluding tert-OH is 1. The van der Waals surface area contributed by atoms with Crippen LogP contribution < -0.4 is 4.42 Å². The van der Waals surface area contributed by atoms with Gasteiger partial charge < -0.3 is 5.11 Å². The van der Waals surface area contributed by atoms with Crippen LogP contribution in [0, 0.1) is 0 Å². The van der Waals surface area contributed by atoms with Gasteiger partial charge in [0, 0.05) is 11.8 Å². The minimum atomic E-state index is -0.318. The molecule has 5 heteroatoms. The van der Waals surface area contributed by atoms with Gasteiger partial charge in [0.2, 0.25) is 0 Å². The number of halogens is 3. The third-order valence-electron chi connectivity index (χ3n) is 1.32. The van der Waals surface area contributed by atoms with Gasteiger partial charge >= 0.3 is 0 Å². The zero-order valence-electron chi connectivity index (χ0n) is 5.97. The molecule has 0 heterocycles. The first-order valence-electron chi connectivity index (χ1n) is 3.15. The van der Waals surface area contributed by atoms with Gasteiger partial charge in [0.25, 0.3) is 0 Å². The summed E-state index contributed by atoms with van der Waals surface area (Å²) in [4.78, 5) is 0. The van der Waals surface area contributed by atoms with Gasteiger partial charge in [-0.2, -0.15) is 0 Å². The maximum absolute atomic E-state index is 8.70. The molecule has 0 amide bonds. The van der Waals surface area contributed by atoms with Crippen LogP contribution in [0.5, 0.6) is 0 Å². The fourth-order valence-electron chi connectivity index (χ4n) is 0.756. The Morgan fingerprint density at radius 2 is 2.00 bits per heavy atom. The lowest BCUT2D eigenvalue weighted by Crippen LogP contribution is -2.11. The number of benzene rings is 1. The van der Waals surface area contributed by atoms with Crippen molar-refractivity contribution in [3.63, 3.8) is 0 Å². The Morgan fingerprint density at radius 3 is 2.58 bits per heavy atom. The third kappa shape index (κ3) is 1.96. The van der Waals surface area contributed by atoms with Crippen LogP contribution in [-0.2, 0) is 0 Å². The average Bonchev–Trinajstić information content (AvgIpc) is 2.08. The molecule has 0 aliphatic carbocycles. The molecule has 1 aromatic carbocycles. The number of rotatable bonds is 2. The van der Waals surface area contributed by atoms with Crippen LogP contribution in [0.15, 0.2) is 18.2 Å². The van der Waals surface area contributed by atoms with Crippen molar-refractivity contribution in [1.82, 2.24) is 0 Å². The second-order valence-electron chi connectivity index (χ2n) is 2.08. The number of nitrogens with zero attached hydrogens (tertiary/aromatic N) is 1. The summed E-state index contributed by atoms with van der Waals surface area (Å²) in [6.45, 7) is -0.318. The van der Waals surface area contributed by atoms with Crippen molar-refractivity contribution in [1.29, 1.82) is 0 Å². The monoisotopic (exact) mass is 225 g/mol. The average molecular weight is 226 g/mol. The lowest BCUT2D eigenvalue weighted by Gasteiger charge is -2.13. The first-order valence-corrected chi connectivity index (χ1v) is 4.24. The first-order chi connectivity index (χ1) is 5.66. The van der Waals surface area contributed by atoms with Crippen LogP contribution in [-0.4, -0.2) is 11.8 Å². The smallest absolute Gasteiger partial charge is 0.130 e. The summed E-state index contributed by atoms with van der Waals surface area (Å²) in [6.07, 6.45) is 0. The molecule has 2 nitrogen and oxygen atoms in total. The quantitative estimate of drug-likeness (QED) is 0.619. The minimum absolute atomic E-state index is 0.318. The van der Waals surface area contributed by atoms with Gasteiger partial charge in [-0.05, 0) is 12.1 Å². The Bertz CT molecular complexity index is 279. The molecule has 0 aromatic heterocycles. The van der Waals surface area contributed by atoms with E-state index in [1.807, 2.05) is 0 Å². The summed E-state index contributed by atoms with van der Waals surface area (Å²) in [7, 11) is 0. The molecule has 12 heavy (non-hydrogen) atoms. The van der Waals surface area contributed by atoms with Crippen LogP contribution in [0.4, 0.5) is 5.69 Å². The second kappa shape index (κ2) is 4.19. The van der Waals surface area contributed by atoms with E-state index in [9.17, 15) is 0 Å². The number of anilines is 1. The topological polar surface area (TPSA) is 23.5 Å². The second-order valence-corrected chi connectivity index (χ2v) is 3.27. The molecule has 1 aromatic rings. The summed E-state index contributed by atoms with van der Waals surface area (Å²) in [5, 5.41) is 9.44. The molecule has 0 bridgehead atoms. The predicted octanol–water partition coefficient (Wildman–Crippen LogP) is 2.90. The molecule has 0 fully saturated rings. The molecule has 0 aliphatic heterocycles. The molecule has 66 valence electrons. The molecule has 0 atom stereocenters. The number of hydrogen-bond donors (Lipinski definition) is 1. The number of hydrogen-bond acceptors (Lipinski definition) is 2. The van der Waals surface area contributed by atoms with Gasteiger partial charge in [0.05, 0.1) is 15.7 Å². The molecular weight excluding hydrogens is 220 g/mol. The van der Waals surface area contributed by atoms with E-state index in [0.717, 1.165) is 4.42 Å². The van der Waals surface area contributed by atoms with Crippen LogP contribution in [0.3, 0.4) is 0 Å². The molecule has 1 N–H and O–H groups in total. The molecule has 0 radical (unpaired) electrons. The maximum Gasteiger partial charge on any atom is 0.130 e. The van der Waals surface area contributed by atoms with Gasteiger partial charge in [-0.25, -0.2) is 0 Å². The van der Waals surface area contributed by atoms with Gasteiger partial charge in [-0.15, -0.1) is 0 Å². The van der Waals surface area contributed by atoms with E-state index in [4.69, 9.17) is 40.1 Å². The Kier molecular flexibility index (Phi) is 3.47. The van der Waals surface area contributed by atoms with E-state index in [-0.39, 0.29) is 6.73 Å². The number of aliphatic hydroxyl groups is 1. The lowest BCUT2D eigenvalue weighted by atomic mass is 10.3. The van der Waals surface area contributed by atoms with Gasteiger partial charge in [0.15, 0.2) is 0 Å². The van der Waals surface area contributed by atoms with Crippen molar-refractivity contribution in [3.8, 4) is 0 Å². The molecule has 0 saturated carbocycles. The van der Waals surface area contributed by atoms with E-state index in [1.165, 1.54) is 0 Å². The van der Waals surface area contributed by atoms with Crippen LogP contribution >= 0.6 is 35.0 Å². The van der Waals surface area contributed by atoms with Gasteiger partial charge in [-0.3, -0.25) is 4.42 Å². The van der Waals surface area contributed by atoms with E-state index < -0.39 is 0 Å². The molecule has 0 unspecified atom stereocenters. The summed E-state index contributed by atoms with van der Waals surface area (Å²) in [5.74, 6) is 0. The van der Waals surface area contributed by atoms with Gasteiger partial charge in [0.1, 0.15) is 6.73 Å². The SMILES string of the molecule is OCN(Cl)c1cccc(Cl)c1Cl. The summed E-state index contributed by atoms with van der Waals surface area (Å²) in [6, 6.07) is 5.02. The Hall–Kier alpha value is -0.150. The van der Waals surface area contributed by atoms with Crippen molar-refractivity contribution >= 4 is 40.7 Å². The first kappa shape index (κ1) is 9.93. The zero-order valence-corrected chi connectivity index (χ0v) is 8.24. The summed E-state index contributed by atoms with van der Waals surface area (Å²) >= 11 is 17.1. The molecule has 1 rings (SSSR count). The highest BCUT2D eigenvalue weighted by Gasteiger charge is 2.08.